The van der Waals surface area contributed by atoms with Gasteiger partial charge in [0.2, 0.25) is 0 Å². The largest absolute Gasteiger partial charge is 0.484 e. The van der Waals surface area contributed by atoms with Crippen LogP contribution in [0.5, 0.6) is 5.75 Å². The zero-order chi connectivity index (χ0) is 18.8. The van der Waals surface area contributed by atoms with Crippen LogP contribution in [0.15, 0.2) is 30.3 Å². The Morgan fingerprint density at radius 3 is 2.38 bits per heavy atom. The molecule has 1 aliphatic rings. The van der Waals surface area contributed by atoms with Crippen molar-refractivity contribution in [1.82, 2.24) is 10.6 Å². The third-order valence-electron chi connectivity index (χ3n) is 4.29. The van der Waals surface area contributed by atoms with E-state index in [0.29, 0.717) is 11.7 Å². The summed E-state index contributed by atoms with van der Waals surface area (Å²) < 4.78 is 10.1. The van der Waals surface area contributed by atoms with Gasteiger partial charge in [-0.2, -0.15) is 0 Å². The highest BCUT2D eigenvalue weighted by atomic mass is 16.5. The van der Waals surface area contributed by atoms with Gasteiger partial charge in [-0.1, -0.05) is 25.1 Å². The lowest BCUT2D eigenvalue weighted by atomic mass is 9.87. The number of carbonyl (C=O) groups is 3. The lowest BCUT2D eigenvalue weighted by Gasteiger charge is -2.26. The fourth-order valence-electron chi connectivity index (χ4n) is 2.76. The molecule has 0 aliphatic heterocycles. The zero-order valence-electron chi connectivity index (χ0n) is 15.0. The number of carbonyl (C=O) groups excluding carboxylic acids is 3. The van der Waals surface area contributed by atoms with E-state index in [0.717, 1.165) is 25.7 Å². The number of benzene rings is 1. The van der Waals surface area contributed by atoms with Crippen molar-refractivity contribution in [1.29, 1.82) is 0 Å². The van der Waals surface area contributed by atoms with Crippen LogP contribution < -0.4 is 15.4 Å². The molecule has 1 aromatic rings. The number of rotatable bonds is 8. The number of nitrogens with one attached hydrogen (secondary N) is 2. The Morgan fingerprint density at radius 2 is 1.69 bits per heavy atom. The number of amides is 2. The van der Waals surface area contributed by atoms with Crippen LogP contribution in [0.25, 0.3) is 0 Å². The van der Waals surface area contributed by atoms with E-state index in [4.69, 9.17) is 9.47 Å². The molecule has 142 valence electrons. The smallest absolute Gasteiger partial charge is 0.325 e. The molecule has 2 amide bonds. The van der Waals surface area contributed by atoms with Crippen molar-refractivity contribution in [3.63, 3.8) is 0 Å². The van der Waals surface area contributed by atoms with Crippen molar-refractivity contribution in [2.75, 3.05) is 19.8 Å². The maximum absolute atomic E-state index is 11.8. The van der Waals surface area contributed by atoms with E-state index >= 15 is 0 Å². The predicted octanol–water partition coefficient (Wildman–Crippen LogP) is 1.42. The summed E-state index contributed by atoms with van der Waals surface area (Å²) in [5, 5.41) is 5.27. The molecule has 0 radical (unpaired) electrons. The topological polar surface area (TPSA) is 93.7 Å². The van der Waals surface area contributed by atoms with E-state index in [2.05, 4.69) is 17.6 Å². The number of ether oxygens (including phenoxy) is 2. The van der Waals surface area contributed by atoms with Crippen molar-refractivity contribution in [3.8, 4) is 5.75 Å². The van der Waals surface area contributed by atoms with Gasteiger partial charge in [-0.05, 0) is 43.7 Å². The van der Waals surface area contributed by atoms with Gasteiger partial charge in [0.15, 0.2) is 13.2 Å². The number of para-hydroxylation sites is 1. The van der Waals surface area contributed by atoms with Crippen molar-refractivity contribution in [2.45, 2.75) is 38.6 Å². The fourth-order valence-corrected chi connectivity index (χ4v) is 2.76. The molecule has 0 unspecified atom stereocenters. The Labute approximate surface area is 153 Å². The molecule has 26 heavy (non-hydrogen) atoms. The molecule has 0 heterocycles. The molecule has 2 N–H and O–H groups in total. The molecule has 1 fully saturated rings. The standard InChI is InChI=1S/C19H26N2O5/c1-14-7-9-15(10-8-14)21-18(23)13-26-19(24)11-20-17(22)12-25-16-5-3-2-4-6-16/h2-6,14-15H,7-13H2,1H3,(H,20,22)(H,21,23). The molecule has 0 bridgehead atoms. The minimum Gasteiger partial charge on any atom is -0.484 e. The van der Waals surface area contributed by atoms with Gasteiger partial charge < -0.3 is 20.1 Å². The molecule has 2 rings (SSSR count). The van der Waals surface area contributed by atoms with Crippen LogP contribution in [0.4, 0.5) is 0 Å². The van der Waals surface area contributed by atoms with E-state index in [1.165, 1.54) is 0 Å². The minimum atomic E-state index is -0.662. The van der Waals surface area contributed by atoms with Crippen LogP contribution in [0.3, 0.4) is 0 Å². The first-order valence-electron chi connectivity index (χ1n) is 8.92. The average Bonchev–Trinajstić information content (AvgIpc) is 2.65. The van der Waals surface area contributed by atoms with Gasteiger partial charge in [0.25, 0.3) is 11.8 Å². The van der Waals surface area contributed by atoms with E-state index in [-0.39, 0.29) is 31.7 Å². The minimum absolute atomic E-state index is 0.159. The summed E-state index contributed by atoms with van der Waals surface area (Å²) in [7, 11) is 0. The van der Waals surface area contributed by atoms with Crippen LogP contribution >= 0.6 is 0 Å². The van der Waals surface area contributed by atoms with Crippen molar-refractivity contribution in [2.24, 2.45) is 5.92 Å². The van der Waals surface area contributed by atoms with Crippen molar-refractivity contribution < 1.29 is 23.9 Å². The van der Waals surface area contributed by atoms with E-state index in [1.54, 1.807) is 24.3 Å². The first-order valence-corrected chi connectivity index (χ1v) is 8.92. The average molecular weight is 362 g/mol. The van der Waals surface area contributed by atoms with Gasteiger partial charge >= 0.3 is 5.97 Å². The quantitative estimate of drug-likeness (QED) is 0.682. The van der Waals surface area contributed by atoms with Crippen LogP contribution in [0.2, 0.25) is 0 Å². The molecule has 0 saturated heterocycles. The molecular weight excluding hydrogens is 336 g/mol. The van der Waals surface area contributed by atoms with Gasteiger partial charge in [-0.3, -0.25) is 14.4 Å². The Morgan fingerprint density at radius 1 is 1.00 bits per heavy atom. The summed E-state index contributed by atoms with van der Waals surface area (Å²) >= 11 is 0. The van der Waals surface area contributed by atoms with Gasteiger partial charge in [-0.25, -0.2) is 0 Å². The summed E-state index contributed by atoms with van der Waals surface area (Å²) in [5.41, 5.74) is 0. The van der Waals surface area contributed by atoms with Crippen molar-refractivity contribution >= 4 is 17.8 Å². The molecule has 0 atom stereocenters. The summed E-state index contributed by atoms with van der Waals surface area (Å²) in [6.07, 6.45) is 4.11. The molecule has 1 aliphatic carbocycles. The molecule has 7 heteroatoms. The Kier molecular flexibility index (Phi) is 7.92. The SMILES string of the molecule is CC1CCC(NC(=O)COC(=O)CNC(=O)COc2ccccc2)CC1. The highest BCUT2D eigenvalue weighted by Crippen LogP contribution is 2.23. The van der Waals surface area contributed by atoms with E-state index in [1.807, 2.05) is 6.07 Å². The second-order valence-corrected chi connectivity index (χ2v) is 6.56. The lowest BCUT2D eigenvalue weighted by molar-refractivity contribution is -0.148. The first-order chi connectivity index (χ1) is 12.5. The zero-order valence-corrected chi connectivity index (χ0v) is 15.0. The summed E-state index contributed by atoms with van der Waals surface area (Å²) in [4.78, 5) is 35.0. The maximum Gasteiger partial charge on any atom is 0.325 e. The van der Waals surface area contributed by atoms with Crippen LogP contribution in [0, 0.1) is 5.92 Å². The fraction of sp³-hybridized carbons (Fsp3) is 0.526. The van der Waals surface area contributed by atoms with Crippen LogP contribution in [-0.4, -0.2) is 43.6 Å². The third-order valence-corrected chi connectivity index (χ3v) is 4.29. The molecule has 1 saturated carbocycles. The van der Waals surface area contributed by atoms with Crippen LogP contribution in [0.1, 0.15) is 32.6 Å². The van der Waals surface area contributed by atoms with Gasteiger partial charge in [0.05, 0.1) is 0 Å². The number of esters is 1. The van der Waals surface area contributed by atoms with Gasteiger partial charge in [0.1, 0.15) is 12.3 Å². The summed E-state index contributed by atoms with van der Waals surface area (Å²) in [5.74, 6) is -0.136. The third kappa shape index (κ3) is 7.55. The maximum atomic E-state index is 11.8. The molecule has 1 aromatic carbocycles. The van der Waals surface area contributed by atoms with E-state index < -0.39 is 11.9 Å². The lowest BCUT2D eigenvalue weighted by Crippen LogP contribution is -2.40. The highest BCUT2D eigenvalue weighted by molar-refractivity contribution is 5.84. The first kappa shape index (κ1) is 19.8. The summed E-state index contributed by atoms with van der Waals surface area (Å²) in [6.45, 7) is 1.38. The van der Waals surface area contributed by atoms with Crippen LogP contribution in [-0.2, 0) is 19.1 Å². The molecule has 0 aromatic heterocycles. The summed E-state index contributed by atoms with van der Waals surface area (Å²) in [6, 6.07) is 9.05. The normalized spacial score (nSPS) is 19.3. The Hall–Kier alpha value is -2.57. The molecule has 0 spiro atoms. The van der Waals surface area contributed by atoms with E-state index in [9.17, 15) is 14.4 Å². The highest BCUT2D eigenvalue weighted by Gasteiger charge is 2.20. The molecular formula is C19H26N2O5. The number of hydrogen-bond donors (Lipinski definition) is 2. The van der Waals surface area contributed by atoms with Gasteiger partial charge in [0, 0.05) is 6.04 Å². The second kappa shape index (κ2) is 10.4. The van der Waals surface area contributed by atoms with Crippen molar-refractivity contribution in [3.05, 3.63) is 30.3 Å². The number of hydrogen-bond acceptors (Lipinski definition) is 5. The molecule has 7 nitrogen and oxygen atoms in total. The monoisotopic (exact) mass is 362 g/mol. The van der Waals surface area contributed by atoms with Gasteiger partial charge in [-0.15, -0.1) is 0 Å². The second-order valence-electron chi connectivity index (χ2n) is 6.56. The Balaban J connectivity index is 1.55. The predicted molar refractivity (Wildman–Crippen MR) is 95.5 cm³/mol. The Bertz CT molecular complexity index is 597.